The van der Waals surface area contributed by atoms with Crippen LogP contribution in [0.15, 0.2) is 54.6 Å². The van der Waals surface area contributed by atoms with Gasteiger partial charge >= 0.3 is 5.97 Å². The topological polar surface area (TPSA) is 26.3 Å². The molecule has 2 nitrogen and oxygen atoms in total. The van der Waals surface area contributed by atoms with Crippen LogP contribution in [-0.4, -0.2) is 12.6 Å². The molecule has 3 rings (SSSR count). The van der Waals surface area contributed by atoms with E-state index >= 15 is 0 Å². The summed E-state index contributed by atoms with van der Waals surface area (Å²) in [6.45, 7) is 0.520. The molecule has 0 amide bonds. The number of carbonyl (C=O) groups is 1. The van der Waals surface area contributed by atoms with Crippen molar-refractivity contribution in [2.45, 2.75) is 12.8 Å². The number of rotatable bonds is 4. The molecule has 2 atom stereocenters. The monoisotopic (exact) mass is 300 g/mol. The number of hydrogen-bond donors (Lipinski definition) is 0. The number of halogens is 1. The molecule has 0 saturated carbocycles. The van der Waals surface area contributed by atoms with Crippen LogP contribution >= 0.6 is 11.6 Å². The van der Waals surface area contributed by atoms with Crippen molar-refractivity contribution in [2.75, 3.05) is 6.61 Å². The zero-order valence-corrected chi connectivity index (χ0v) is 12.4. The lowest BCUT2D eigenvalue weighted by atomic mass is 9.85. The summed E-state index contributed by atoms with van der Waals surface area (Å²) in [5.41, 5.74) is 2.38. The van der Waals surface area contributed by atoms with Crippen LogP contribution in [-0.2, 0) is 22.4 Å². The molecule has 1 aliphatic heterocycles. The minimum absolute atomic E-state index is 0.0635. The van der Waals surface area contributed by atoms with E-state index in [1.54, 1.807) is 0 Å². The summed E-state index contributed by atoms with van der Waals surface area (Å²) in [4.78, 5) is 12.0. The Labute approximate surface area is 129 Å². The summed E-state index contributed by atoms with van der Waals surface area (Å²) >= 11 is 5.90. The first-order chi connectivity index (χ1) is 10.2. The molecular formula is C18H17ClO2. The third-order valence-corrected chi connectivity index (χ3v) is 4.27. The summed E-state index contributed by atoms with van der Waals surface area (Å²) in [7, 11) is 0. The maximum atomic E-state index is 12.0. The summed E-state index contributed by atoms with van der Waals surface area (Å²) in [6.07, 6.45) is 1.60. The Morgan fingerprint density at radius 1 is 0.952 bits per heavy atom. The molecule has 3 heteroatoms. The van der Waals surface area contributed by atoms with E-state index in [4.69, 9.17) is 16.3 Å². The summed E-state index contributed by atoms with van der Waals surface area (Å²) < 4.78 is 5.28. The van der Waals surface area contributed by atoms with Crippen LogP contribution in [0.25, 0.3) is 0 Å². The average Bonchev–Trinajstić information content (AvgIpc) is 2.84. The number of cyclic esters (lactones) is 1. The predicted molar refractivity (Wildman–Crippen MR) is 83.2 cm³/mol. The Morgan fingerprint density at radius 3 is 2.33 bits per heavy atom. The molecule has 21 heavy (non-hydrogen) atoms. The quantitative estimate of drug-likeness (QED) is 0.800. The fourth-order valence-corrected chi connectivity index (χ4v) is 2.97. The Bertz CT molecular complexity index is 607. The van der Waals surface area contributed by atoms with Crippen molar-refractivity contribution in [1.82, 2.24) is 0 Å². The minimum atomic E-state index is -0.0779. The molecule has 0 aromatic heterocycles. The van der Waals surface area contributed by atoms with Crippen molar-refractivity contribution in [1.29, 1.82) is 0 Å². The van der Waals surface area contributed by atoms with Crippen molar-refractivity contribution >= 4 is 17.6 Å². The highest BCUT2D eigenvalue weighted by Crippen LogP contribution is 2.29. The maximum Gasteiger partial charge on any atom is 0.309 e. The molecule has 0 radical (unpaired) electrons. The van der Waals surface area contributed by atoms with E-state index in [1.807, 2.05) is 42.5 Å². The van der Waals surface area contributed by atoms with E-state index in [0.29, 0.717) is 18.1 Å². The van der Waals surface area contributed by atoms with Gasteiger partial charge in [0.25, 0.3) is 0 Å². The van der Waals surface area contributed by atoms with E-state index in [-0.39, 0.29) is 17.8 Å². The fourth-order valence-electron chi connectivity index (χ4n) is 2.85. The lowest BCUT2D eigenvalue weighted by Crippen LogP contribution is -2.20. The molecule has 0 aliphatic carbocycles. The first-order valence-corrected chi connectivity index (χ1v) is 7.55. The Balaban J connectivity index is 1.72. The third kappa shape index (κ3) is 3.45. The second-order valence-corrected chi connectivity index (χ2v) is 5.95. The first kappa shape index (κ1) is 14.2. The van der Waals surface area contributed by atoms with Gasteiger partial charge in [-0.3, -0.25) is 4.79 Å². The van der Waals surface area contributed by atoms with E-state index in [2.05, 4.69) is 12.1 Å². The number of carbonyl (C=O) groups excluding carboxylic acids is 1. The second kappa shape index (κ2) is 6.31. The summed E-state index contributed by atoms with van der Waals surface area (Å²) in [5, 5.41) is 0.716. The SMILES string of the molecule is O=C1OC[C@H](Cc2ccccc2)[C@H]1Cc1ccc(Cl)cc1. The van der Waals surface area contributed by atoms with Gasteiger partial charge in [0.2, 0.25) is 0 Å². The number of benzene rings is 2. The molecule has 2 aromatic rings. The molecule has 1 heterocycles. The van der Waals surface area contributed by atoms with E-state index < -0.39 is 0 Å². The van der Waals surface area contributed by atoms with Crippen LogP contribution in [0, 0.1) is 11.8 Å². The van der Waals surface area contributed by atoms with Crippen LogP contribution in [0.1, 0.15) is 11.1 Å². The Morgan fingerprint density at radius 2 is 1.62 bits per heavy atom. The number of ether oxygens (including phenoxy) is 1. The van der Waals surface area contributed by atoms with Gasteiger partial charge in [-0.25, -0.2) is 0 Å². The second-order valence-electron chi connectivity index (χ2n) is 5.52. The lowest BCUT2D eigenvalue weighted by molar-refractivity contribution is -0.141. The van der Waals surface area contributed by atoms with Gasteiger partial charge in [-0.05, 0) is 36.1 Å². The van der Waals surface area contributed by atoms with Gasteiger partial charge in [0, 0.05) is 10.9 Å². The molecule has 0 N–H and O–H groups in total. The van der Waals surface area contributed by atoms with Gasteiger partial charge in [0.1, 0.15) is 0 Å². The first-order valence-electron chi connectivity index (χ1n) is 7.17. The van der Waals surface area contributed by atoms with Crippen LogP contribution in [0.3, 0.4) is 0 Å². The molecule has 0 unspecified atom stereocenters. The van der Waals surface area contributed by atoms with Crippen molar-refractivity contribution < 1.29 is 9.53 Å². The van der Waals surface area contributed by atoms with E-state index in [0.717, 1.165) is 12.0 Å². The highest BCUT2D eigenvalue weighted by atomic mass is 35.5. The molecule has 1 fully saturated rings. The molecule has 1 saturated heterocycles. The highest BCUT2D eigenvalue weighted by molar-refractivity contribution is 6.30. The average molecular weight is 301 g/mol. The van der Waals surface area contributed by atoms with Crippen molar-refractivity contribution in [2.24, 2.45) is 11.8 Å². The van der Waals surface area contributed by atoms with Gasteiger partial charge in [-0.15, -0.1) is 0 Å². The van der Waals surface area contributed by atoms with E-state index in [9.17, 15) is 4.79 Å². The molecule has 1 aliphatic rings. The van der Waals surface area contributed by atoms with Gasteiger partial charge < -0.3 is 4.74 Å². The summed E-state index contributed by atoms with van der Waals surface area (Å²) in [5.74, 6) is 0.104. The van der Waals surface area contributed by atoms with Crippen LogP contribution in [0.2, 0.25) is 5.02 Å². The Kier molecular flexibility index (Phi) is 4.26. The van der Waals surface area contributed by atoms with Gasteiger partial charge in [0.05, 0.1) is 12.5 Å². The molecule has 0 bridgehead atoms. The number of esters is 1. The Hall–Kier alpha value is -1.80. The zero-order valence-electron chi connectivity index (χ0n) is 11.7. The number of hydrogen-bond acceptors (Lipinski definition) is 2. The van der Waals surface area contributed by atoms with Crippen molar-refractivity contribution in [3.8, 4) is 0 Å². The fraction of sp³-hybridized carbons (Fsp3) is 0.278. The van der Waals surface area contributed by atoms with Crippen molar-refractivity contribution in [3.05, 3.63) is 70.7 Å². The summed E-state index contributed by atoms with van der Waals surface area (Å²) in [6, 6.07) is 17.9. The third-order valence-electron chi connectivity index (χ3n) is 4.02. The molecule has 108 valence electrons. The zero-order chi connectivity index (χ0) is 14.7. The molecule has 2 aromatic carbocycles. The van der Waals surface area contributed by atoms with E-state index in [1.165, 1.54) is 5.56 Å². The van der Waals surface area contributed by atoms with Gasteiger partial charge in [0.15, 0.2) is 0 Å². The highest BCUT2D eigenvalue weighted by Gasteiger charge is 2.36. The molecule has 0 spiro atoms. The molecular weight excluding hydrogens is 284 g/mol. The smallest absolute Gasteiger partial charge is 0.309 e. The largest absolute Gasteiger partial charge is 0.465 e. The lowest BCUT2D eigenvalue weighted by Gasteiger charge is -2.15. The van der Waals surface area contributed by atoms with Gasteiger partial charge in [-0.2, -0.15) is 0 Å². The van der Waals surface area contributed by atoms with Crippen LogP contribution in [0.4, 0.5) is 0 Å². The van der Waals surface area contributed by atoms with Crippen LogP contribution in [0.5, 0.6) is 0 Å². The standard InChI is InChI=1S/C18H17ClO2/c19-16-8-6-14(7-9-16)11-17-15(12-21-18(17)20)10-13-4-2-1-3-5-13/h1-9,15,17H,10-12H2/t15-,17+/m0/s1. The normalized spacial score (nSPS) is 21.3. The van der Waals surface area contributed by atoms with Gasteiger partial charge in [-0.1, -0.05) is 54.1 Å². The van der Waals surface area contributed by atoms with Crippen molar-refractivity contribution in [3.63, 3.8) is 0 Å². The minimum Gasteiger partial charge on any atom is -0.465 e. The van der Waals surface area contributed by atoms with Crippen LogP contribution < -0.4 is 0 Å². The maximum absolute atomic E-state index is 12.0. The predicted octanol–water partition coefficient (Wildman–Crippen LogP) is 3.91.